The molecule has 1 saturated heterocycles. The third-order valence-electron chi connectivity index (χ3n) is 3.01. The predicted molar refractivity (Wildman–Crippen MR) is 80.9 cm³/mol. The van der Waals surface area contributed by atoms with Gasteiger partial charge in [0, 0.05) is 17.5 Å². The number of hydrogen-bond donors (Lipinski definition) is 1. The van der Waals surface area contributed by atoms with Crippen LogP contribution in [0.4, 0.5) is 0 Å². The quantitative estimate of drug-likeness (QED) is 0.922. The molecule has 0 radical (unpaired) electrons. The van der Waals surface area contributed by atoms with Crippen LogP contribution in [0.1, 0.15) is 28.4 Å². The molecule has 2 nitrogen and oxygen atoms in total. The maximum atomic E-state index is 4.46. The van der Waals surface area contributed by atoms with Crippen LogP contribution < -0.4 is 5.32 Å². The Morgan fingerprint density at radius 3 is 2.59 bits per heavy atom. The van der Waals surface area contributed by atoms with Gasteiger partial charge in [-0.25, -0.2) is 4.98 Å². The molecule has 1 fully saturated rings. The molecule has 0 atom stereocenters. The average Bonchev–Trinajstić information content (AvgIpc) is 2.59. The highest BCUT2D eigenvalue weighted by molar-refractivity contribution is 7.99. The molecule has 0 bridgehead atoms. The molecule has 0 unspecified atom stereocenters. The van der Waals surface area contributed by atoms with E-state index in [2.05, 4.69) is 35.9 Å². The maximum Gasteiger partial charge on any atom is 0.0900 e. The number of hydrogen-bond acceptors (Lipinski definition) is 4. The van der Waals surface area contributed by atoms with E-state index < -0.39 is 0 Å². The molecular weight excluding hydrogens is 272 g/mol. The summed E-state index contributed by atoms with van der Waals surface area (Å²) in [6.07, 6.45) is 3.82. The Kier molecular flexibility index (Phi) is 6.85. The fourth-order valence-corrected chi connectivity index (χ4v) is 4.14. The Balaban J connectivity index is 0.00000144. The summed E-state index contributed by atoms with van der Waals surface area (Å²) in [5, 5.41) is 4.87. The van der Waals surface area contributed by atoms with Gasteiger partial charge in [0.15, 0.2) is 0 Å². The van der Waals surface area contributed by atoms with Crippen molar-refractivity contribution in [1.29, 1.82) is 0 Å². The van der Waals surface area contributed by atoms with Crippen LogP contribution in [0.15, 0.2) is 0 Å². The van der Waals surface area contributed by atoms with Crippen LogP contribution in [0.5, 0.6) is 0 Å². The van der Waals surface area contributed by atoms with Crippen molar-refractivity contribution >= 4 is 35.5 Å². The average molecular weight is 293 g/mol. The largest absolute Gasteiger partial charge is 0.314 e. The number of rotatable bonds is 4. The minimum atomic E-state index is 0. The van der Waals surface area contributed by atoms with E-state index in [9.17, 15) is 0 Å². The third kappa shape index (κ3) is 4.78. The van der Waals surface area contributed by atoms with Gasteiger partial charge in [0.05, 0.1) is 10.7 Å². The zero-order valence-corrected chi connectivity index (χ0v) is 12.9. The van der Waals surface area contributed by atoms with Gasteiger partial charge in [-0.1, -0.05) is 0 Å². The molecule has 2 heterocycles. The lowest BCUT2D eigenvalue weighted by molar-refractivity contribution is 0.486. The summed E-state index contributed by atoms with van der Waals surface area (Å²) >= 11 is 3.93. The van der Waals surface area contributed by atoms with Gasteiger partial charge < -0.3 is 5.32 Å². The summed E-state index contributed by atoms with van der Waals surface area (Å²) in [4.78, 5) is 5.92. The summed E-state index contributed by atoms with van der Waals surface area (Å²) in [5.74, 6) is 2.66. The molecule has 98 valence electrons. The Bertz CT molecular complexity index is 335. The monoisotopic (exact) mass is 292 g/mol. The Hall–Kier alpha value is 0.230. The van der Waals surface area contributed by atoms with Crippen molar-refractivity contribution in [3.05, 3.63) is 15.6 Å². The zero-order chi connectivity index (χ0) is 11.4. The van der Waals surface area contributed by atoms with Gasteiger partial charge in [0.25, 0.3) is 0 Å². The Labute approximate surface area is 118 Å². The minimum Gasteiger partial charge on any atom is -0.314 e. The summed E-state index contributed by atoms with van der Waals surface area (Å²) in [7, 11) is 0. The highest BCUT2D eigenvalue weighted by Gasteiger charge is 2.12. The van der Waals surface area contributed by atoms with Crippen molar-refractivity contribution in [3.8, 4) is 0 Å². The van der Waals surface area contributed by atoms with E-state index in [4.69, 9.17) is 0 Å². The van der Waals surface area contributed by atoms with Crippen LogP contribution >= 0.6 is 35.5 Å². The summed E-state index contributed by atoms with van der Waals surface area (Å²) < 4.78 is 0. The van der Waals surface area contributed by atoms with Crippen molar-refractivity contribution in [1.82, 2.24) is 10.3 Å². The first-order valence-corrected chi connectivity index (χ1v) is 7.97. The molecule has 1 N–H and O–H groups in total. The SMILES string of the molecule is Cc1nc(C)c(CCNC2CCSCC2)s1.Cl. The van der Waals surface area contributed by atoms with Crippen LogP contribution in [0.25, 0.3) is 0 Å². The van der Waals surface area contributed by atoms with Crippen molar-refractivity contribution in [2.45, 2.75) is 39.2 Å². The number of aromatic nitrogens is 1. The van der Waals surface area contributed by atoms with E-state index in [0.29, 0.717) is 0 Å². The Morgan fingerprint density at radius 1 is 1.29 bits per heavy atom. The Morgan fingerprint density at radius 2 is 2.00 bits per heavy atom. The number of nitrogens with zero attached hydrogens (tertiary/aromatic N) is 1. The second kappa shape index (κ2) is 7.62. The molecule has 17 heavy (non-hydrogen) atoms. The second-order valence-corrected chi connectivity index (χ2v) is 6.84. The van der Waals surface area contributed by atoms with Crippen molar-refractivity contribution in [2.75, 3.05) is 18.1 Å². The molecule has 2 rings (SSSR count). The molecule has 1 aliphatic rings. The van der Waals surface area contributed by atoms with E-state index in [-0.39, 0.29) is 12.4 Å². The summed E-state index contributed by atoms with van der Waals surface area (Å²) in [6.45, 7) is 5.32. The van der Waals surface area contributed by atoms with Crippen LogP contribution in [0, 0.1) is 13.8 Å². The van der Waals surface area contributed by atoms with Crippen LogP contribution in [0.2, 0.25) is 0 Å². The summed E-state index contributed by atoms with van der Waals surface area (Å²) in [5.41, 5.74) is 1.23. The smallest absolute Gasteiger partial charge is 0.0900 e. The van der Waals surface area contributed by atoms with Gasteiger partial charge in [0.2, 0.25) is 0 Å². The molecule has 1 aromatic rings. The number of thiazole rings is 1. The lowest BCUT2D eigenvalue weighted by atomic mass is 10.1. The summed E-state index contributed by atoms with van der Waals surface area (Å²) in [6, 6.07) is 0.760. The van der Waals surface area contributed by atoms with Crippen LogP contribution in [-0.4, -0.2) is 29.1 Å². The fraction of sp³-hybridized carbons (Fsp3) is 0.750. The topological polar surface area (TPSA) is 24.9 Å². The fourth-order valence-electron chi connectivity index (χ4n) is 2.10. The van der Waals surface area contributed by atoms with Crippen molar-refractivity contribution in [3.63, 3.8) is 0 Å². The lowest BCUT2D eigenvalue weighted by Crippen LogP contribution is -2.33. The van der Waals surface area contributed by atoms with Crippen molar-refractivity contribution in [2.24, 2.45) is 0 Å². The first kappa shape index (κ1) is 15.3. The predicted octanol–water partition coefficient (Wildman–Crippen LogP) is 3.21. The van der Waals surface area contributed by atoms with E-state index in [1.807, 2.05) is 11.3 Å². The number of thioether (sulfide) groups is 1. The molecule has 0 aromatic carbocycles. The second-order valence-electron chi connectivity index (χ2n) is 4.33. The highest BCUT2D eigenvalue weighted by Crippen LogP contribution is 2.19. The molecule has 0 aliphatic carbocycles. The molecule has 1 aromatic heterocycles. The van der Waals surface area contributed by atoms with Gasteiger partial charge in [-0.15, -0.1) is 23.7 Å². The van der Waals surface area contributed by atoms with Gasteiger partial charge in [0.1, 0.15) is 0 Å². The lowest BCUT2D eigenvalue weighted by Gasteiger charge is -2.22. The molecule has 0 amide bonds. The van der Waals surface area contributed by atoms with Gasteiger partial charge in [-0.05, 0) is 44.6 Å². The number of nitrogens with one attached hydrogen (secondary N) is 1. The first-order valence-electron chi connectivity index (χ1n) is 6.00. The molecule has 1 aliphatic heterocycles. The standard InChI is InChI=1S/C12H20N2S2.ClH/c1-9-12(16-10(2)14-9)3-6-13-11-4-7-15-8-5-11;/h11,13H,3-8H2,1-2H3;1H. The van der Waals surface area contributed by atoms with Crippen LogP contribution in [0.3, 0.4) is 0 Å². The van der Waals surface area contributed by atoms with Gasteiger partial charge in [-0.2, -0.15) is 11.8 Å². The molecule has 0 saturated carbocycles. The van der Waals surface area contributed by atoms with Gasteiger partial charge >= 0.3 is 0 Å². The van der Waals surface area contributed by atoms with Crippen LogP contribution in [-0.2, 0) is 6.42 Å². The third-order valence-corrected chi connectivity index (χ3v) is 5.19. The van der Waals surface area contributed by atoms with E-state index in [1.165, 1.54) is 39.9 Å². The molecular formula is C12H21ClN2S2. The maximum absolute atomic E-state index is 4.46. The number of halogens is 1. The van der Waals surface area contributed by atoms with E-state index in [0.717, 1.165) is 19.0 Å². The molecule has 0 spiro atoms. The number of aryl methyl sites for hydroxylation is 2. The van der Waals surface area contributed by atoms with Crippen molar-refractivity contribution < 1.29 is 0 Å². The zero-order valence-electron chi connectivity index (χ0n) is 10.5. The van der Waals surface area contributed by atoms with E-state index in [1.54, 1.807) is 0 Å². The normalized spacial score (nSPS) is 16.8. The van der Waals surface area contributed by atoms with Gasteiger partial charge in [-0.3, -0.25) is 0 Å². The highest BCUT2D eigenvalue weighted by atomic mass is 35.5. The first-order chi connectivity index (χ1) is 7.75. The van der Waals surface area contributed by atoms with E-state index >= 15 is 0 Å². The molecule has 5 heteroatoms. The minimum absolute atomic E-state index is 0.